The Kier molecular flexibility index (Phi) is 1.92. The summed E-state index contributed by atoms with van der Waals surface area (Å²) in [4.78, 5) is 19.1. The Morgan fingerprint density at radius 1 is 1.56 bits per heavy atom. The number of fused-ring (bicyclic) bond motifs is 1. The number of hydrogen-bond acceptors (Lipinski definition) is 3. The van der Waals surface area contributed by atoms with Crippen molar-refractivity contribution in [2.75, 3.05) is 0 Å². The topological polar surface area (TPSA) is 68.0 Å². The highest BCUT2D eigenvalue weighted by atomic mass is 16.4. The van der Waals surface area contributed by atoms with E-state index >= 15 is 0 Å². The van der Waals surface area contributed by atoms with Gasteiger partial charge in [-0.3, -0.25) is 9.78 Å². The molecule has 0 radical (unpaired) electrons. The molecule has 82 valence electrons. The van der Waals surface area contributed by atoms with Crippen molar-refractivity contribution in [3.8, 4) is 0 Å². The number of carbonyl (C=O) groups is 1. The van der Waals surface area contributed by atoms with Crippen molar-refractivity contribution in [2.24, 2.45) is 0 Å². The predicted molar refractivity (Wildman–Crippen MR) is 57.1 cm³/mol. The fourth-order valence-electron chi connectivity index (χ4n) is 2.00. The molecule has 2 aromatic heterocycles. The van der Waals surface area contributed by atoms with E-state index < -0.39 is 5.97 Å². The normalized spacial score (nSPS) is 15.5. The summed E-state index contributed by atoms with van der Waals surface area (Å²) in [7, 11) is 0. The van der Waals surface area contributed by atoms with Gasteiger partial charge in [-0.15, -0.1) is 0 Å². The van der Waals surface area contributed by atoms with E-state index in [1.165, 1.54) is 0 Å². The van der Waals surface area contributed by atoms with Crippen LogP contribution in [0.5, 0.6) is 0 Å². The Bertz CT molecular complexity index is 557. The van der Waals surface area contributed by atoms with E-state index in [1.807, 2.05) is 10.6 Å². The van der Waals surface area contributed by atoms with Crippen LogP contribution in [-0.2, 0) is 11.2 Å². The van der Waals surface area contributed by atoms with Crippen LogP contribution in [0.1, 0.15) is 24.7 Å². The molecule has 0 unspecified atom stereocenters. The predicted octanol–water partition coefficient (Wildman–Crippen LogP) is 1.39. The van der Waals surface area contributed by atoms with Gasteiger partial charge in [-0.05, 0) is 18.9 Å². The molecule has 16 heavy (non-hydrogen) atoms. The maximum absolute atomic E-state index is 10.8. The Morgan fingerprint density at radius 2 is 2.38 bits per heavy atom. The quantitative estimate of drug-likeness (QED) is 0.843. The Morgan fingerprint density at radius 3 is 3.06 bits per heavy atom. The van der Waals surface area contributed by atoms with Gasteiger partial charge in [-0.25, -0.2) is 4.98 Å². The molecule has 3 rings (SSSR count). The largest absolute Gasteiger partial charge is 0.481 e. The van der Waals surface area contributed by atoms with Crippen molar-refractivity contribution in [1.29, 1.82) is 0 Å². The average Bonchev–Trinajstić information content (AvgIpc) is 3.00. The third-order valence-electron chi connectivity index (χ3n) is 2.79. The van der Waals surface area contributed by atoms with Gasteiger partial charge in [0.15, 0.2) is 0 Å². The molecular weight excluding hydrogens is 206 g/mol. The zero-order chi connectivity index (χ0) is 11.1. The maximum Gasteiger partial charge on any atom is 0.311 e. The van der Waals surface area contributed by atoms with Crippen LogP contribution in [0, 0.1) is 0 Å². The first-order valence-electron chi connectivity index (χ1n) is 5.28. The number of carboxylic acids is 1. The molecule has 2 heterocycles. The summed E-state index contributed by atoms with van der Waals surface area (Å²) < 4.78 is 2.05. The van der Waals surface area contributed by atoms with Gasteiger partial charge in [-0.2, -0.15) is 0 Å². The second kappa shape index (κ2) is 3.30. The fraction of sp³-hybridized carbons (Fsp3) is 0.364. The van der Waals surface area contributed by atoms with Gasteiger partial charge in [0.2, 0.25) is 0 Å². The molecule has 0 atom stereocenters. The molecule has 0 aromatic carbocycles. The first kappa shape index (κ1) is 9.33. The molecule has 0 bridgehead atoms. The molecule has 1 N–H and O–H groups in total. The molecule has 2 aromatic rings. The van der Waals surface area contributed by atoms with Crippen molar-refractivity contribution >= 4 is 17.0 Å². The number of imidazole rings is 1. The number of aromatic nitrogens is 3. The lowest BCUT2D eigenvalue weighted by molar-refractivity contribution is -0.136. The molecule has 0 spiro atoms. The molecule has 0 saturated heterocycles. The van der Waals surface area contributed by atoms with E-state index in [2.05, 4.69) is 9.97 Å². The van der Waals surface area contributed by atoms with Gasteiger partial charge in [0.05, 0.1) is 11.7 Å². The van der Waals surface area contributed by atoms with Crippen molar-refractivity contribution in [3.05, 3.63) is 24.3 Å². The van der Waals surface area contributed by atoms with Gasteiger partial charge in [0.25, 0.3) is 0 Å². The van der Waals surface area contributed by atoms with Crippen LogP contribution in [0.4, 0.5) is 0 Å². The van der Waals surface area contributed by atoms with E-state index in [1.54, 1.807) is 12.4 Å². The molecule has 1 fully saturated rings. The van der Waals surface area contributed by atoms with Crippen LogP contribution in [0.15, 0.2) is 18.5 Å². The second-order valence-electron chi connectivity index (χ2n) is 4.06. The molecular formula is C11H11N3O2. The molecule has 1 saturated carbocycles. The van der Waals surface area contributed by atoms with E-state index in [4.69, 9.17) is 5.11 Å². The van der Waals surface area contributed by atoms with E-state index in [-0.39, 0.29) is 6.42 Å². The summed E-state index contributed by atoms with van der Waals surface area (Å²) >= 11 is 0. The third kappa shape index (κ3) is 1.44. The summed E-state index contributed by atoms with van der Waals surface area (Å²) in [5.41, 5.74) is 1.78. The van der Waals surface area contributed by atoms with Crippen LogP contribution in [0.3, 0.4) is 0 Å². The number of hydrogen-bond donors (Lipinski definition) is 1. The van der Waals surface area contributed by atoms with Crippen molar-refractivity contribution in [2.45, 2.75) is 25.3 Å². The van der Waals surface area contributed by atoms with Crippen LogP contribution >= 0.6 is 0 Å². The molecule has 1 aliphatic rings. The molecule has 1 aliphatic carbocycles. The smallest absolute Gasteiger partial charge is 0.311 e. The van der Waals surface area contributed by atoms with Crippen molar-refractivity contribution in [3.63, 3.8) is 0 Å². The van der Waals surface area contributed by atoms with Crippen LogP contribution in [0.2, 0.25) is 0 Å². The minimum atomic E-state index is -0.842. The first-order valence-corrected chi connectivity index (χ1v) is 5.28. The minimum absolute atomic E-state index is 0.0226. The lowest BCUT2D eigenvalue weighted by Crippen LogP contribution is -2.08. The zero-order valence-corrected chi connectivity index (χ0v) is 8.63. The SMILES string of the molecule is O=C(O)Cc1nc2cnccc2n1C1CC1. The van der Waals surface area contributed by atoms with Crippen LogP contribution < -0.4 is 0 Å². The molecule has 5 heteroatoms. The number of nitrogens with zero attached hydrogens (tertiary/aromatic N) is 3. The number of pyridine rings is 1. The van der Waals surface area contributed by atoms with Gasteiger partial charge in [0, 0.05) is 12.2 Å². The average molecular weight is 217 g/mol. The highest BCUT2D eigenvalue weighted by Crippen LogP contribution is 2.38. The summed E-state index contributed by atoms with van der Waals surface area (Å²) in [6.07, 6.45) is 5.60. The Labute approximate surface area is 91.7 Å². The van der Waals surface area contributed by atoms with Crippen LogP contribution in [-0.4, -0.2) is 25.6 Å². The van der Waals surface area contributed by atoms with Gasteiger partial charge in [-0.1, -0.05) is 0 Å². The second-order valence-corrected chi connectivity index (χ2v) is 4.06. The van der Waals surface area contributed by atoms with Crippen LogP contribution in [0.25, 0.3) is 11.0 Å². The molecule has 5 nitrogen and oxygen atoms in total. The highest BCUT2D eigenvalue weighted by Gasteiger charge is 2.28. The minimum Gasteiger partial charge on any atom is -0.481 e. The van der Waals surface area contributed by atoms with E-state index in [0.717, 1.165) is 23.9 Å². The summed E-state index contributed by atoms with van der Waals surface area (Å²) in [6, 6.07) is 2.33. The van der Waals surface area contributed by atoms with Gasteiger partial charge in [0.1, 0.15) is 17.8 Å². The van der Waals surface area contributed by atoms with E-state index in [0.29, 0.717) is 11.9 Å². The maximum atomic E-state index is 10.8. The first-order chi connectivity index (χ1) is 7.75. The molecule has 0 amide bonds. The number of aliphatic carboxylic acids is 1. The fourth-order valence-corrected chi connectivity index (χ4v) is 2.00. The summed E-state index contributed by atoms with van der Waals surface area (Å²) in [5.74, 6) is -0.205. The van der Waals surface area contributed by atoms with Crippen molar-refractivity contribution in [1.82, 2.24) is 14.5 Å². The Balaban J connectivity index is 2.18. The number of rotatable bonds is 3. The lowest BCUT2D eigenvalue weighted by atomic mass is 10.4. The molecule has 0 aliphatic heterocycles. The monoisotopic (exact) mass is 217 g/mol. The summed E-state index contributed by atoms with van der Waals surface area (Å²) in [5, 5.41) is 8.85. The third-order valence-corrected chi connectivity index (χ3v) is 2.79. The van der Waals surface area contributed by atoms with E-state index in [9.17, 15) is 4.79 Å². The highest BCUT2D eigenvalue weighted by molar-refractivity contribution is 5.77. The van der Waals surface area contributed by atoms with Gasteiger partial charge >= 0.3 is 5.97 Å². The number of carboxylic acid groups (broad SMARTS) is 1. The Hall–Kier alpha value is -1.91. The van der Waals surface area contributed by atoms with Gasteiger partial charge < -0.3 is 9.67 Å². The summed E-state index contributed by atoms with van der Waals surface area (Å²) in [6.45, 7) is 0. The zero-order valence-electron chi connectivity index (χ0n) is 8.63. The van der Waals surface area contributed by atoms with Crippen molar-refractivity contribution < 1.29 is 9.90 Å². The standard InChI is InChI=1S/C11H11N3O2/c15-11(16)5-10-13-8-6-12-4-3-9(8)14(10)7-1-2-7/h3-4,6-7H,1-2,5H2,(H,15,16). The lowest BCUT2D eigenvalue weighted by Gasteiger charge is -2.04.